The molecule has 0 aromatic carbocycles. The Kier molecular flexibility index (Phi) is 4.00. The normalized spacial score (nSPS) is 27.8. The quantitative estimate of drug-likeness (QED) is 0.931. The maximum absolute atomic E-state index is 12.9. The summed E-state index contributed by atoms with van der Waals surface area (Å²) in [6, 6.07) is 4.46. The third-order valence-electron chi connectivity index (χ3n) is 4.52. The molecule has 0 amide bonds. The first-order valence-electron chi connectivity index (χ1n) is 7.84. The van der Waals surface area contributed by atoms with Crippen molar-refractivity contribution in [3.63, 3.8) is 0 Å². The number of thiophene rings is 1. The highest BCUT2D eigenvalue weighted by atomic mass is 32.1. The molecule has 1 spiro atoms. The second-order valence-corrected chi connectivity index (χ2v) is 7.34. The molecule has 4 heterocycles. The molecule has 2 aromatic rings. The molecule has 23 heavy (non-hydrogen) atoms. The number of hydrogen-bond acceptors (Lipinski definition) is 6. The van der Waals surface area contributed by atoms with Crippen LogP contribution in [0.2, 0.25) is 0 Å². The lowest BCUT2D eigenvalue weighted by Gasteiger charge is -2.23. The maximum atomic E-state index is 12.9. The minimum Gasteiger partial charge on any atom is -0.371 e. The lowest BCUT2D eigenvalue weighted by Crippen LogP contribution is -2.33. The van der Waals surface area contributed by atoms with Crippen LogP contribution in [0.4, 0.5) is 10.3 Å². The standard InChI is InChI=1S/C16H19FN4OS/c17-12-7-18-15(19-8-12)20-13-6-16(22-10-13)3-4-21(11-16)9-14-2-1-5-23-14/h1-2,5,7-8,13H,3-4,6,9-11H2,(H,18,19,20). The Balaban J connectivity index is 1.33. The number of rotatable bonds is 4. The molecular formula is C16H19FN4OS. The highest BCUT2D eigenvalue weighted by Crippen LogP contribution is 2.36. The summed E-state index contributed by atoms with van der Waals surface area (Å²) in [6.45, 7) is 3.68. The monoisotopic (exact) mass is 334 g/mol. The van der Waals surface area contributed by atoms with E-state index in [4.69, 9.17) is 4.74 Å². The van der Waals surface area contributed by atoms with Crippen molar-refractivity contribution in [3.05, 3.63) is 40.6 Å². The first-order valence-corrected chi connectivity index (χ1v) is 8.72. The number of halogens is 1. The van der Waals surface area contributed by atoms with Crippen molar-refractivity contribution in [1.29, 1.82) is 0 Å². The Labute approximate surface area is 138 Å². The molecule has 2 aromatic heterocycles. The van der Waals surface area contributed by atoms with Crippen molar-refractivity contribution in [2.24, 2.45) is 0 Å². The van der Waals surface area contributed by atoms with Gasteiger partial charge in [-0.15, -0.1) is 11.3 Å². The molecule has 4 rings (SSSR count). The van der Waals surface area contributed by atoms with E-state index in [9.17, 15) is 4.39 Å². The van der Waals surface area contributed by atoms with Gasteiger partial charge in [0.05, 0.1) is 30.6 Å². The number of aromatic nitrogens is 2. The summed E-state index contributed by atoms with van der Waals surface area (Å²) in [7, 11) is 0. The summed E-state index contributed by atoms with van der Waals surface area (Å²) < 4.78 is 19.0. The second-order valence-electron chi connectivity index (χ2n) is 6.30. The van der Waals surface area contributed by atoms with Gasteiger partial charge in [0.2, 0.25) is 5.95 Å². The summed E-state index contributed by atoms with van der Waals surface area (Å²) in [5.41, 5.74) is -0.0606. The predicted molar refractivity (Wildman–Crippen MR) is 86.9 cm³/mol. The molecule has 5 nitrogen and oxygen atoms in total. The zero-order valence-corrected chi connectivity index (χ0v) is 13.6. The molecule has 0 aliphatic carbocycles. The zero-order valence-electron chi connectivity index (χ0n) is 12.7. The molecule has 1 N–H and O–H groups in total. The first kappa shape index (κ1) is 15.0. The van der Waals surface area contributed by atoms with E-state index in [0.717, 1.165) is 32.5 Å². The average molecular weight is 334 g/mol. The van der Waals surface area contributed by atoms with Gasteiger partial charge in [-0.2, -0.15) is 0 Å². The number of nitrogens with one attached hydrogen (secondary N) is 1. The fourth-order valence-corrected chi connectivity index (χ4v) is 4.22. The smallest absolute Gasteiger partial charge is 0.223 e. The number of likely N-dealkylation sites (tertiary alicyclic amines) is 1. The van der Waals surface area contributed by atoms with Crippen molar-refractivity contribution >= 4 is 17.3 Å². The number of ether oxygens (including phenoxy) is 1. The van der Waals surface area contributed by atoms with E-state index < -0.39 is 5.82 Å². The van der Waals surface area contributed by atoms with Gasteiger partial charge >= 0.3 is 0 Å². The van der Waals surface area contributed by atoms with E-state index in [1.165, 1.54) is 17.3 Å². The van der Waals surface area contributed by atoms with Gasteiger partial charge in [-0.3, -0.25) is 4.90 Å². The van der Waals surface area contributed by atoms with E-state index in [1.54, 1.807) is 11.3 Å². The highest BCUT2D eigenvalue weighted by molar-refractivity contribution is 7.09. The maximum Gasteiger partial charge on any atom is 0.223 e. The average Bonchev–Trinajstić information content (AvgIpc) is 3.26. The number of hydrogen-bond donors (Lipinski definition) is 1. The highest BCUT2D eigenvalue weighted by Gasteiger charge is 2.45. The van der Waals surface area contributed by atoms with Gasteiger partial charge < -0.3 is 10.1 Å². The molecule has 7 heteroatoms. The molecule has 2 fully saturated rings. The zero-order chi connectivity index (χ0) is 15.7. The fourth-order valence-electron chi connectivity index (χ4n) is 3.48. The fraction of sp³-hybridized carbons (Fsp3) is 0.500. The van der Waals surface area contributed by atoms with E-state index in [-0.39, 0.29) is 11.6 Å². The molecule has 2 aliphatic heterocycles. The van der Waals surface area contributed by atoms with E-state index in [0.29, 0.717) is 12.6 Å². The van der Waals surface area contributed by atoms with Crippen LogP contribution in [0, 0.1) is 5.82 Å². The molecule has 2 unspecified atom stereocenters. The molecule has 2 saturated heterocycles. The first-order chi connectivity index (χ1) is 11.2. The molecular weight excluding hydrogens is 315 g/mol. The van der Waals surface area contributed by atoms with Crippen molar-refractivity contribution in [2.45, 2.75) is 31.0 Å². The summed E-state index contributed by atoms with van der Waals surface area (Å²) >= 11 is 1.80. The lowest BCUT2D eigenvalue weighted by atomic mass is 9.97. The van der Waals surface area contributed by atoms with Gasteiger partial charge in [-0.05, 0) is 17.9 Å². The van der Waals surface area contributed by atoms with Crippen LogP contribution in [0.5, 0.6) is 0 Å². The van der Waals surface area contributed by atoms with Gasteiger partial charge in [0.15, 0.2) is 5.82 Å². The van der Waals surface area contributed by atoms with Crippen molar-refractivity contribution in [2.75, 3.05) is 25.0 Å². The Hall–Kier alpha value is -1.57. The van der Waals surface area contributed by atoms with E-state index in [1.807, 2.05) is 0 Å². The molecule has 2 atom stereocenters. The topological polar surface area (TPSA) is 50.3 Å². The SMILES string of the molecule is Fc1cnc(NC2COC3(CCN(Cc4cccs4)C3)C2)nc1. The predicted octanol–water partition coefficient (Wildman–Crippen LogP) is 2.52. The Morgan fingerprint density at radius 3 is 3.09 bits per heavy atom. The Morgan fingerprint density at radius 2 is 2.30 bits per heavy atom. The summed E-state index contributed by atoms with van der Waals surface area (Å²) in [5.74, 6) is 0.0418. The largest absolute Gasteiger partial charge is 0.371 e. The molecule has 2 aliphatic rings. The third kappa shape index (κ3) is 3.36. The Morgan fingerprint density at radius 1 is 1.43 bits per heavy atom. The number of nitrogens with zero attached hydrogens (tertiary/aromatic N) is 3. The van der Waals surface area contributed by atoms with E-state index in [2.05, 4.69) is 37.7 Å². The molecule has 0 saturated carbocycles. The second kappa shape index (κ2) is 6.14. The van der Waals surface area contributed by atoms with Crippen LogP contribution in [-0.4, -0.2) is 46.2 Å². The van der Waals surface area contributed by atoms with Crippen LogP contribution >= 0.6 is 11.3 Å². The van der Waals surface area contributed by atoms with Gasteiger partial charge in [-0.25, -0.2) is 14.4 Å². The Bertz CT molecular complexity index is 651. The van der Waals surface area contributed by atoms with Crippen LogP contribution in [0.3, 0.4) is 0 Å². The summed E-state index contributed by atoms with van der Waals surface area (Å²) in [4.78, 5) is 11.8. The van der Waals surface area contributed by atoms with Gasteiger partial charge in [0.25, 0.3) is 0 Å². The molecule has 0 bridgehead atoms. The molecule has 122 valence electrons. The van der Waals surface area contributed by atoms with Crippen molar-refractivity contribution in [1.82, 2.24) is 14.9 Å². The van der Waals surface area contributed by atoms with Gasteiger partial charge in [0.1, 0.15) is 0 Å². The summed E-state index contributed by atoms with van der Waals surface area (Å²) in [6.07, 6.45) is 4.36. The van der Waals surface area contributed by atoms with Crippen LogP contribution in [-0.2, 0) is 11.3 Å². The third-order valence-corrected chi connectivity index (χ3v) is 5.38. The van der Waals surface area contributed by atoms with Gasteiger partial charge in [-0.1, -0.05) is 6.07 Å². The van der Waals surface area contributed by atoms with Crippen molar-refractivity contribution < 1.29 is 9.13 Å². The minimum absolute atomic E-state index is 0.0606. The number of anilines is 1. The van der Waals surface area contributed by atoms with Gasteiger partial charge in [0, 0.05) is 30.9 Å². The van der Waals surface area contributed by atoms with Crippen molar-refractivity contribution in [3.8, 4) is 0 Å². The minimum atomic E-state index is -0.422. The lowest BCUT2D eigenvalue weighted by molar-refractivity contribution is 0.0120. The van der Waals surface area contributed by atoms with E-state index >= 15 is 0 Å². The van der Waals surface area contributed by atoms with Crippen LogP contribution in [0.25, 0.3) is 0 Å². The van der Waals surface area contributed by atoms with Crippen LogP contribution in [0.15, 0.2) is 29.9 Å². The van der Waals surface area contributed by atoms with Crippen LogP contribution < -0.4 is 5.32 Å². The summed E-state index contributed by atoms with van der Waals surface area (Å²) in [5, 5.41) is 5.37. The molecule has 0 radical (unpaired) electrons. The van der Waals surface area contributed by atoms with Crippen LogP contribution in [0.1, 0.15) is 17.7 Å².